The molecule has 6 heteroatoms. The predicted molar refractivity (Wildman–Crippen MR) is 109 cm³/mol. The SMILES string of the molecule is CCN1CCN(C(=O)CS(=O)Cc2ccc3oc4ccccc4c3c2)CC1. The molecule has 142 valence electrons. The molecule has 1 aliphatic rings. The molecular formula is C21H24N2O3S. The number of carbonyl (C=O) groups excluding carboxylic acids is 1. The van der Waals surface area contributed by atoms with E-state index in [2.05, 4.69) is 11.8 Å². The summed E-state index contributed by atoms with van der Waals surface area (Å²) in [6.45, 7) is 6.41. The lowest BCUT2D eigenvalue weighted by molar-refractivity contribution is -0.130. The van der Waals surface area contributed by atoms with E-state index in [9.17, 15) is 9.00 Å². The van der Waals surface area contributed by atoms with Crippen LogP contribution in [0.4, 0.5) is 0 Å². The molecule has 1 atom stereocenters. The summed E-state index contributed by atoms with van der Waals surface area (Å²) >= 11 is 0. The number of nitrogens with zero attached hydrogens (tertiary/aromatic N) is 2. The number of furan rings is 1. The lowest BCUT2D eigenvalue weighted by Crippen LogP contribution is -2.49. The fourth-order valence-electron chi connectivity index (χ4n) is 3.64. The van der Waals surface area contributed by atoms with Crippen LogP contribution in [0.1, 0.15) is 12.5 Å². The van der Waals surface area contributed by atoms with E-state index in [0.29, 0.717) is 5.75 Å². The molecule has 4 rings (SSSR count). The molecule has 27 heavy (non-hydrogen) atoms. The van der Waals surface area contributed by atoms with Gasteiger partial charge in [0.25, 0.3) is 0 Å². The Balaban J connectivity index is 1.42. The van der Waals surface area contributed by atoms with Crippen molar-refractivity contribution in [1.29, 1.82) is 0 Å². The number of hydrogen-bond acceptors (Lipinski definition) is 4. The van der Waals surface area contributed by atoms with Crippen molar-refractivity contribution < 1.29 is 13.4 Å². The van der Waals surface area contributed by atoms with Gasteiger partial charge >= 0.3 is 0 Å². The van der Waals surface area contributed by atoms with Gasteiger partial charge in [-0.25, -0.2) is 0 Å². The summed E-state index contributed by atoms with van der Waals surface area (Å²) in [4.78, 5) is 16.6. The number of rotatable bonds is 5. The smallest absolute Gasteiger partial charge is 0.235 e. The third-order valence-corrected chi connectivity index (χ3v) is 6.45. The van der Waals surface area contributed by atoms with Gasteiger partial charge in [-0.3, -0.25) is 9.00 Å². The molecule has 0 N–H and O–H groups in total. The van der Waals surface area contributed by atoms with E-state index in [0.717, 1.165) is 60.2 Å². The number of amides is 1. The molecule has 2 aromatic carbocycles. The second-order valence-corrected chi connectivity index (χ2v) is 8.43. The molecule has 3 aromatic rings. The second-order valence-electron chi connectivity index (χ2n) is 6.97. The molecule has 0 aliphatic carbocycles. The fourth-order valence-corrected chi connectivity index (χ4v) is 4.75. The maximum atomic E-state index is 12.6. The molecule has 1 fully saturated rings. The molecule has 1 aromatic heterocycles. The van der Waals surface area contributed by atoms with Crippen molar-refractivity contribution in [2.45, 2.75) is 12.7 Å². The van der Waals surface area contributed by atoms with Crippen molar-refractivity contribution in [3.63, 3.8) is 0 Å². The van der Waals surface area contributed by atoms with Crippen LogP contribution in [-0.2, 0) is 21.3 Å². The Morgan fingerprint density at radius 2 is 1.78 bits per heavy atom. The molecule has 1 aliphatic heterocycles. The van der Waals surface area contributed by atoms with Gasteiger partial charge in [-0.05, 0) is 30.3 Å². The van der Waals surface area contributed by atoms with E-state index in [1.165, 1.54) is 0 Å². The molecule has 0 saturated carbocycles. The maximum absolute atomic E-state index is 12.6. The zero-order valence-electron chi connectivity index (χ0n) is 15.5. The number of para-hydroxylation sites is 1. The van der Waals surface area contributed by atoms with Crippen molar-refractivity contribution in [2.75, 3.05) is 38.5 Å². The Morgan fingerprint density at radius 1 is 1.04 bits per heavy atom. The highest BCUT2D eigenvalue weighted by Gasteiger charge is 2.21. The summed E-state index contributed by atoms with van der Waals surface area (Å²) in [6.07, 6.45) is 0. The molecule has 0 spiro atoms. The molecule has 1 unspecified atom stereocenters. The van der Waals surface area contributed by atoms with E-state index in [1.54, 1.807) is 0 Å². The molecule has 2 heterocycles. The minimum atomic E-state index is -1.21. The first kappa shape index (κ1) is 18.2. The van der Waals surface area contributed by atoms with Crippen LogP contribution in [0.5, 0.6) is 0 Å². The first-order chi connectivity index (χ1) is 13.1. The second kappa shape index (κ2) is 7.82. The Labute approximate surface area is 161 Å². The zero-order chi connectivity index (χ0) is 18.8. The third-order valence-electron chi connectivity index (χ3n) is 5.23. The Morgan fingerprint density at radius 3 is 2.56 bits per heavy atom. The molecular weight excluding hydrogens is 360 g/mol. The predicted octanol–water partition coefficient (Wildman–Crippen LogP) is 3.00. The fraction of sp³-hybridized carbons (Fsp3) is 0.381. The van der Waals surface area contributed by atoms with Crippen molar-refractivity contribution in [3.05, 3.63) is 48.0 Å². The summed E-state index contributed by atoms with van der Waals surface area (Å²) in [7, 11) is -1.21. The molecule has 1 amide bonds. The first-order valence-corrected chi connectivity index (χ1v) is 10.9. The quantitative estimate of drug-likeness (QED) is 0.679. The van der Waals surface area contributed by atoms with E-state index in [1.807, 2.05) is 47.4 Å². The van der Waals surface area contributed by atoms with Gasteiger partial charge in [0, 0.05) is 53.5 Å². The highest BCUT2D eigenvalue weighted by Crippen LogP contribution is 2.29. The van der Waals surface area contributed by atoms with Gasteiger partial charge in [-0.2, -0.15) is 0 Å². The van der Waals surface area contributed by atoms with Crippen LogP contribution in [0, 0.1) is 0 Å². The molecule has 0 bridgehead atoms. The number of hydrogen-bond donors (Lipinski definition) is 0. The topological polar surface area (TPSA) is 53.8 Å². The molecule has 1 saturated heterocycles. The standard InChI is InChI=1S/C21H24N2O3S/c1-2-22-9-11-23(12-10-22)21(24)15-27(25)14-16-7-8-20-18(13-16)17-5-3-4-6-19(17)26-20/h3-8,13H,2,9-12,14-15H2,1H3. The normalized spacial score (nSPS) is 16.9. The lowest BCUT2D eigenvalue weighted by Gasteiger charge is -2.34. The molecule has 0 radical (unpaired) electrons. The maximum Gasteiger partial charge on any atom is 0.235 e. The van der Waals surface area contributed by atoms with E-state index >= 15 is 0 Å². The number of fused-ring (bicyclic) bond motifs is 3. The van der Waals surface area contributed by atoms with Crippen molar-refractivity contribution >= 4 is 38.6 Å². The highest BCUT2D eigenvalue weighted by molar-refractivity contribution is 7.84. The van der Waals surface area contributed by atoms with Gasteiger partial charge < -0.3 is 14.2 Å². The monoisotopic (exact) mass is 384 g/mol. The number of benzene rings is 2. The van der Waals surface area contributed by atoms with E-state index in [4.69, 9.17) is 4.42 Å². The Bertz CT molecular complexity index is 989. The van der Waals surface area contributed by atoms with Gasteiger partial charge in [-0.1, -0.05) is 31.2 Å². The van der Waals surface area contributed by atoms with Crippen LogP contribution in [0.15, 0.2) is 46.9 Å². The van der Waals surface area contributed by atoms with E-state index in [-0.39, 0.29) is 11.7 Å². The summed E-state index contributed by atoms with van der Waals surface area (Å²) in [5, 5.41) is 2.09. The van der Waals surface area contributed by atoms with E-state index < -0.39 is 10.8 Å². The van der Waals surface area contributed by atoms with Crippen LogP contribution >= 0.6 is 0 Å². The summed E-state index contributed by atoms with van der Waals surface area (Å²) in [6, 6.07) is 13.8. The largest absolute Gasteiger partial charge is 0.456 e. The van der Waals surface area contributed by atoms with Crippen molar-refractivity contribution in [3.8, 4) is 0 Å². The van der Waals surface area contributed by atoms with Gasteiger partial charge in [0.2, 0.25) is 5.91 Å². The van der Waals surface area contributed by atoms with Crippen molar-refractivity contribution in [1.82, 2.24) is 9.80 Å². The number of piperazine rings is 1. The number of carbonyl (C=O) groups is 1. The highest BCUT2D eigenvalue weighted by atomic mass is 32.2. The lowest BCUT2D eigenvalue weighted by atomic mass is 10.1. The minimum Gasteiger partial charge on any atom is -0.456 e. The van der Waals surface area contributed by atoms with Crippen LogP contribution in [0.25, 0.3) is 21.9 Å². The van der Waals surface area contributed by atoms with Crippen molar-refractivity contribution in [2.24, 2.45) is 0 Å². The first-order valence-electron chi connectivity index (χ1n) is 9.39. The van der Waals surface area contributed by atoms with Crippen LogP contribution < -0.4 is 0 Å². The van der Waals surface area contributed by atoms with Crippen LogP contribution in [-0.4, -0.2) is 58.4 Å². The number of likely N-dealkylation sites (N-methyl/N-ethyl adjacent to an activating group) is 1. The third kappa shape index (κ3) is 3.92. The van der Waals surface area contributed by atoms with Gasteiger partial charge in [0.1, 0.15) is 16.9 Å². The van der Waals surface area contributed by atoms with Gasteiger partial charge in [0.05, 0.1) is 0 Å². The minimum absolute atomic E-state index is 0.000995. The summed E-state index contributed by atoms with van der Waals surface area (Å²) in [5.41, 5.74) is 2.65. The zero-order valence-corrected chi connectivity index (χ0v) is 16.3. The summed E-state index contributed by atoms with van der Waals surface area (Å²) < 4.78 is 18.4. The van der Waals surface area contributed by atoms with Crippen LogP contribution in [0.3, 0.4) is 0 Å². The average molecular weight is 385 g/mol. The average Bonchev–Trinajstić information content (AvgIpc) is 3.06. The molecule has 5 nitrogen and oxygen atoms in total. The Hall–Kier alpha value is -2.18. The van der Waals surface area contributed by atoms with Gasteiger partial charge in [0.15, 0.2) is 0 Å². The van der Waals surface area contributed by atoms with Crippen LogP contribution in [0.2, 0.25) is 0 Å². The van der Waals surface area contributed by atoms with Gasteiger partial charge in [-0.15, -0.1) is 0 Å². The Kier molecular flexibility index (Phi) is 5.27. The summed E-state index contributed by atoms with van der Waals surface area (Å²) in [5.74, 6) is 0.478.